The number of allylic oxidation sites excluding steroid dienone is 4. The quantitative estimate of drug-likeness (QED) is 0.533. The third-order valence-electron chi connectivity index (χ3n) is 1.34. The molecule has 9 heavy (non-hydrogen) atoms. The Bertz CT molecular complexity index is 168. The third-order valence-corrected chi connectivity index (χ3v) is 1.34. The van der Waals surface area contributed by atoms with Gasteiger partial charge in [0.1, 0.15) is 12.0 Å². The fraction of sp³-hybridized carbons (Fsp3) is 0.286. The zero-order valence-electron chi connectivity index (χ0n) is 4.95. The second kappa shape index (κ2) is 2.49. The average molecular weight is 124 g/mol. The normalized spacial score (nSPS) is 25.3. The van der Waals surface area contributed by atoms with Crippen LogP contribution in [0.2, 0.25) is 0 Å². The number of aliphatic hydroxyl groups excluding tert-OH is 1. The molecule has 0 bridgehead atoms. The molecular weight excluding hydrogens is 116 g/mol. The first-order valence-corrected chi connectivity index (χ1v) is 2.85. The van der Waals surface area contributed by atoms with Gasteiger partial charge >= 0.3 is 0 Å². The van der Waals surface area contributed by atoms with Crippen molar-refractivity contribution >= 4 is 6.29 Å². The van der Waals surface area contributed by atoms with Gasteiger partial charge in [0, 0.05) is 0 Å². The van der Waals surface area contributed by atoms with Crippen molar-refractivity contribution < 1.29 is 9.90 Å². The first-order valence-electron chi connectivity index (χ1n) is 2.85. The van der Waals surface area contributed by atoms with E-state index in [-0.39, 0.29) is 11.7 Å². The van der Waals surface area contributed by atoms with E-state index in [9.17, 15) is 4.79 Å². The van der Waals surface area contributed by atoms with E-state index in [0.29, 0.717) is 6.42 Å². The predicted octanol–water partition coefficient (Wildman–Crippen LogP) is 1.20. The van der Waals surface area contributed by atoms with Crippen LogP contribution in [0.1, 0.15) is 6.42 Å². The van der Waals surface area contributed by atoms with Gasteiger partial charge in [-0.1, -0.05) is 12.2 Å². The van der Waals surface area contributed by atoms with E-state index in [2.05, 4.69) is 0 Å². The smallest absolute Gasteiger partial charge is 0.130 e. The van der Waals surface area contributed by atoms with Crippen LogP contribution >= 0.6 is 0 Å². The van der Waals surface area contributed by atoms with E-state index >= 15 is 0 Å². The summed E-state index contributed by atoms with van der Waals surface area (Å²) in [6.45, 7) is 0. The molecule has 0 radical (unpaired) electrons. The molecule has 1 aliphatic carbocycles. The molecule has 0 fully saturated rings. The molecule has 1 aliphatic rings. The van der Waals surface area contributed by atoms with E-state index in [1.54, 1.807) is 12.2 Å². The lowest BCUT2D eigenvalue weighted by Gasteiger charge is -2.08. The Morgan fingerprint density at radius 1 is 1.78 bits per heavy atom. The molecule has 0 spiro atoms. The monoisotopic (exact) mass is 124 g/mol. The maximum atomic E-state index is 10.1. The van der Waals surface area contributed by atoms with Gasteiger partial charge in [-0.05, 0) is 12.5 Å². The van der Waals surface area contributed by atoms with Crippen molar-refractivity contribution in [2.24, 2.45) is 5.92 Å². The second-order valence-corrected chi connectivity index (χ2v) is 2.00. The molecule has 0 amide bonds. The zero-order valence-corrected chi connectivity index (χ0v) is 4.95. The molecule has 0 unspecified atom stereocenters. The van der Waals surface area contributed by atoms with Crippen LogP contribution in [0.3, 0.4) is 0 Å². The summed E-state index contributed by atoms with van der Waals surface area (Å²) in [4.78, 5) is 10.1. The summed E-state index contributed by atoms with van der Waals surface area (Å²) in [6.07, 6.45) is 6.54. The van der Waals surface area contributed by atoms with Crippen molar-refractivity contribution in [3.8, 4) is 0 Å². The maximum Gasteiger partial charge on any atom is 0.130 e. The molecule has 1 atom stereocenters. The molecule has 0 aromatic rings. The van der Waals surface area contributed by atoms with Gasteiger partial charge < -0.3 is 9.90 Å². The summed E-state index contributed by atoms with van der Waals surface area (Å²) in [5, 5.41) is 8.95. The first-order chi connectivity index (χ1) is 4.34. The summed E-state index contributed by atoms with van der Waals surface area (Å²) in [5.74, 6) is -0.123. The van der Waals surface area contributed by atoms with Crippen LogP contribution in [0.5, 0.6) is 0 Å². The fourth-order valence-electron chi connectivity index (χ4n) is 0.761. The highest BCUT2D eigenvalue weighted by atomic mass is 16.3. The van der Waals surface area contributed by atoms with Gasteiger partial charge in [0.25, 0.3) is 0 Å². The highest BCUT2D eigenvalue weighted by molar-refractivity contribution is 5.59. The van der Waals surface area contributed by atoms with E-state index in [1.165, 1.54) is 0 Å². The van der Waals surface area contributed by atoms with Gasteiger partial charge in [-0.3, -0.25) is 0 Å². The van der Waals surface area contributed by atoms with Crippen LogP contribution < -0.4 is 0 Å². The number of hydrogen-bond donors (Lipinski definition) is 1. The van der Waals surface area contributed by atoms with Gasteiger partial charge in [0.15, 0.2) is 0 Å². The Hall–Kier alpha value is -1.05. The SMILES string of the molecule is O=C[C@H]1CC=CC=C1O. The molecule has 1 N–H and O–H groups in total. The Morgan fingerprint density at radius 3 is 3.00 bits per heavy atom. The van der Waals surface area contributed by atoms with Gasteiger partial charge in [-0.2, -0.15) is 0 Å². The van der Waals surface area contributed by atoms with E-state index in [4.69, 9.17) is 5.11 Å². The van der Waals surface area contributed by atoms with Crippen LogP contribution in [-0.4, -0.2) is 11.4 Å². The first kappa shape index (κ1) is 6.08. The topological polar surface area (TPSA) is 37.3 Å². The molecule has 0 aliphatic heterocycles. The third kappa shape index (κ3) is 1.19. The lowest BCUT2D eigenvalue weighted by Crippen LogP contribution is -2.05. The van der Waals surface area contributed by atoms with Gasteiger partial charge in [-0.15, -0.1) is 0 Å². The Kier molecular flexibility index (Phi) is 1.68. The summed E-state index contributed by atoms with van der Waals surface area (Å²) in [5.41, 5.74) is 0. The second-order valence-electron chi connectivity index (χ2n) is 2.00. The lowest BCUT2D eigenvalue weighted by molar-refractivity contribution is -0.110. The van der Waals surface area contributed by atoms with Crippen LogP contribution in [0.15, 0.2) is 24.0 Å². The minimum absolute atomic E-state index is 0.174. The van der Waals surface area contributed by atoms with Crippen molar-refractivity contribution in [1.29, 1.82) is 0 Å². The minimum atomic E-state index is -0.296. The van der Waals surface area contributed by atoms with Crippen molar-refractivity contribution in [1.82, 2.24) is 0 Å². The molecule has 1 rings (SSSR count). The Balaban J connectivity index is 2.69. The largest absolute Gasteiger partial charge is 0.512 e. The minimum Gasteiger partial charge on any atom is -0.512 e. The van der Waals surface area contributed by atoms with Crippen molar-refractivity contribution in [3.05, 3.63) is 24.0 Å². The Labute approximate surface area is 53.5 Å². The van der Waals surface area contributed by atoms with Crippen LogP contribution in [0.4, 0.5) is 0 Å². The number of carbonyl (C=O) groups excluding carboxylic acids is 1. The fourth-order valence-corrected chi connectivity index (χ4v) is 0.761. The molecular formula is C7H8O2. The van der Waals surface area contributed by atoms with Crippen LogP contribution in [0.25, 0.3) is 0 Å². The summed E-state index contributed by atoms with van der Waals surface area (Å²) >= 11 is 0. The average Bonchev–Trinajstić information content (AvgIpc) is 1.89. The van der Waals surface area contributed by atoms with Crippen LogP contribution in [-0.2, 0) is 4.79 Å². The standard InChI is InChI=1S/C7H8O2/c8-5-6-3-1-2-4-7(6)9/h1-2,4-6,9H,3H2/t6-/m1/s1. The Morgan fingerprint density at radius 2 is 2.56 bits per heavy atom. The van der Waals surface area contributed by atoms with Crippen LogP contribution in [0, 0.1) is 5.92 Å². The van der Waals surface area contributed by atoms with E-state index in [0.717, 1.165) is 6.29 Å². The number of aliphatic hydroxyl groups is 1. The van der Waals surface area contributed by atoms with E-state index < -0.39 is 0 Å². The summed E-state index contributed by atoms with van der Waals surface area (Å²) in [6, 6.07) is 0. The molecule has 0 aromatic heterocycles. The molecule has 0 saturated heterocycles. The molecule has 0 aromatic carbocycles. The molecule has 48 valence electrons. The summed E-state index contributed by atoms with van der Waals surface area (Å²) in [7, 11) is 0. The van der Waals surface area contributed by atoms with Gasteiger partial charge in [-0.25, -0.2) is 0 Å². The van der Waals surface area contributed by atoms with Gasteiger partial charge in [0.2, 0.25) is 0 Å². The van der Waals surface area contributed by atoms with Crippen molar-refractivity contribution in [3.63, 3.8) is 0 Å². The van der Waals surface area contributed by atoms with Gasteiger partial charge in [0.05, 0.1) is 5.92 Å². The zero-order chi connectivity index (χ0) is 6.69. The van der Waals surface area contributed by atoms with E-state index in [1.807, 2.05) is 6.08 Å². The molecule has 2 nitrogen and oxygen atoms in total. The van der Waals surface area contributed by atoms with Crippen molar-refractivity contribution in [2.75, 3.05) is 0 Å². The number of hydrogen-bond acceptors (Lipinski definition) is 2. The molecule has 2 heteroatoms. The highest BCUT2D eigenvalue weighted by Gasteiger charge is 2.11. The number of rotatable bonds is 1. The number of aldehydes is 1. The maximum absolute atomic E-state index is 10.1. The van der Waals surface area contributed by atoms with Crippen molar-refractivity contribution in [2.45, 2.75) is 6.42 Å². The molecule has 0 saturated carbocycles. The lowest BCUT2D eigenvalue weighted by atomic mass is 10.0. The number of carbonyl (C=O) groups is 1. The highest BCUT2D eigenvalue weighted by Crippen LogP contribution is 2.14. The molecule has 0 heterocycles. The predicted molar refractivity (Wildman–Crippen MR) is 34.0 cm³/mol. The summed E-state index contributed by atoms with van der Waals surface area (Å²) < 4.78 is 0.